The van der Waals surface area contributed by atoms with Gasteiger partial charge >= 0.3 is 11.9 Å². The number of rotatable bonds is 7. The molecule has 164 valence electrons. The maximum atomic E-state index is 12.6. The maximum absolute atomic E-state index is 12.6. The molecule has 2 aromatic carbocycles. The SMILES string of the molecule is COC1OC(COC(=O)c2ccccc2)C(N(C)C(C)=O)C1OC(=O)c1ccccc1. The molecule has 0 aliphatic carbocycles. The molecule has 1 amide bonds. The molecule has 1 fully saturated rings. The van der Waals surface area contributed by atoms with Crippen LogP contribution in [0.15, 0.2) is 60.7 Å². The van der Waals surface area contributed by atoms with Gasteiger partial charge in [-0.2, -0.15) is 0 Å². The Morgan fingerprint density at radius 2 is 1.48 bits per heavy atom. The van der Waals surface area contributed by atoms with E-state index < -0.39 is 36.5 Å². The third-order valence-electron chi connectivity index (χ3n) is 5.11. The Hall–Kier alpha value is -3.23. The van der Waals surface area contributed by atoms with Gasteiger partial charge in [0.05, 0.1) is 11.1 Å². The van der Waals surface area contributed by atoms with Crippen molar-refractivity contribution in [2.24, 2.45) is 0 Å². The minimum atomic E-state index is -0.931. The second kappa shape index (κ2) is 10.2. The number of ether oxygens (including phenoxy) is 4. The van der Waals surface area contributed by atoms with Crippen LogP contribution in [0.3, 0.4) is 0 Å². The number of amides is 1. The molecular weight excluding hydrogens is 402 g/mol. The third kappa shape index (κ3) is 5.28. The Labute approximate surface area is 180 Å². The van der Waals surface area contributed by atoms with Crippen LogP contribution >= 0.6 is 0 Å². The molecule has 4 unspecified atom stereocenters. The first-order valence-corrected chi connectivity index (χ1v) is 9.82. The average Bonchev–Trinajstić information content (AvgIpc) is 3.14. The second-order valence-corrected chi connectivity index (χ2v) is 7.10. The summed E-state index contributed by atoms with van der Waals surface area (Å²) in [5.41, 5.74) is 0.757. The van der Waals surface area contributed by atoms with Crippen molar-refractivity contribution in [1.29, 1.82) is 0 Å². The number of hydrogen-bond donors (Lipinski definition) is 0. The highest BCUT2D eigenvalue weighted by molar-refractivity contribution is 5.90. The minimum Gasteiger partial charge on any atom is -0.459 e. The van der Waals surface area contributed by atoms with Crippen molar-refractivity contribution < 1.29 is 33.3 Å². The Morgan fingerprint density at radius 1 is 0.935 bits per heavy atom. The molecule has 0 radical (unpaired) electrons. The number of carbonyl (C=O) groups excluding carboxylic acids is 3. The molecule has 3 rings (SSSR count). The van der Waals surface area contributed by atoms with Gasteiger partial charge < -0.3 is 23.8 Å². The summed E-state index contributed by atoms with van der Waals surface area (Å²) in [6.45, 7) is 1.25. The number of hydrogen-bond acceptors (Lipinski definition) is 7. The smallest absolute Gasteiger partial charge is 0.338 e. The zero-order chi connectivity index (χ0) is 22.4. The topological polar surface area (TPSA) is 91.4 Å². The Morgan fingerprint density at radius 3 is 2.00 bits per heavy atom. The molecule has 1 aliphatic rings. The number of benzene rings is 2. The first kappa shape index (κ1) is 22.5. The van der Waals surface area contributed by atoms with Gasteiger partial charge in [0.2, 0.25) is 5.91 Å². The highest BCUT2D eigenvalue weighted by Gasteiger charge is 2.50. The van der Waals surface area contributed by atoms with Crippen molar-refractivity contribution in [2.75, 3.05) is 20.8 Å². The normalized spacial score (nSPS) is 22.5. The second-order valence-electron chi connectivity index (χ2n) is 7.10. The lowest BCUT2D eigenvalue weighted by atomic mass is 10.1. The predicted octanol–water partition coefficient (Wildman–Crippen LogP) is 2.29. The Kier molecular flexibility index (Phi) is 7.38. The van der Waals surface area contributed by atoms with Gasteiger partial charge in [0, 0.05) is 21.1 Å². The van der Waals surface area contributed by atoms with Gasteiger partial charge in [-0.05, 0) is 24.3 Å². The van der Waals surface area contributed by atoms with Crippen molar-refractivity contribution in [3.63, 3.8) is 0 Å². The van der Waals surface area contributed by atoms with Gasteiger partial charge in [-0.3, -0.25) is 4.79 Å². The van der Waals surface area contributed by atoms with E-state index in [0.29, 0.717) is 11.1 Å². The molecule has 31 heavy (non-hydrogen) atoms. The number of esters is 2. The van der Waals surface area contributed by atoms with Gasteiger partial charge in [-0.15, -0.1) is 0 Å². The van der Waals surface area contributed by atoms with Crippen LogP contribution in [0.2, 0.25) is 0 Å². The Bertz CT molecular complexity index is 903. The van der Waals surface area contributed by atoms with Crippen LogP contribution in [0.4, 0.5) is 0 Å². The van der Waals surface area contributed by atoms with Crippen LogP contribution in [0.1, 0.15) is 27.6 Å². The van der Waals surface area contributed by atoms with Crippen molar-refractivity contribution >= 4 is 17.8 Å². The molecular formula is C23H25NO7. The number of likely N-dealkylation sites (N-methyl/N-ethyl adjacent to an activating group) is 1. The molecule has 1 aliphatic heterocycles. The summed E-state index contributed by atoms with van der Waals surface area (Å²) in [6, 6.07) is 16.3. The summed E-state index contributed by atoms with van der Waals surface area (Å²) in [7, 11) is 2.99. The largest absolute Gasteiger partial charge is 0.459 e. The van der Waals surface area contributed by atoms with E-state index in [1.807, 2.05) is 0 Å². The molecule has 0 saturated carbocycles. The molecule has 0 spiro atoms. The van der Waals surface area contributed by atoms with Crippen molar-refractivity contribution in [2.45, 2.75) is 31.5 Å². The number of nitrogens with zero attached hydrogens (tertiary/aromatic N) is 1. The molecule has 1 saturated heterocycles. The fraction of sp³-hybridized carbons (Fsp3) is 0.348. The number of carbonyl (C=O) groups is 3. The molecule has 0 aromatic heterocycles. The van der Waals surface area contributed by atoms with E-state index >= 15 is 0 Å². The number of methoxy groups -OCH3 is 1. The molecule has 2 aromatic rings. The molecule has 8 heteroatoms. The lowest BCUT2D eigenvalue weighted by Gasteiger charge is -2.31. The zero-order valence-corrected chi connectivity index (χ0v) is 17.6. The van der Waals surface area contributed by atoms with Gasteiger partial charge in [-0.1, -0.05) is 36.4 Å². The van der Waals surface area contributed by atoms with Crippen molar-refractivity contribution in [3.05, 3.63) is 71.8 Å². The van der Waals surface area contributed by atoms with Crippen LogP contribution in [0, 0.1) is 0 Å². The van der Waals surface area contributed by atoms with Crippen molar-refractivity contribution in [3.8, 4) is 0 Å². The highest BCUT2D eigenvalue weighted by atomic mass is 16.7. The maximum Gasteiger partial charge on any atom is 0.338 e. The van der Waals surface area contributed by atoms with E-state index in [1.54, 1.807) is 67.7 Å². The molecule has 0 bridgehead atoms. The fourth-order valence-corrected chi connectivity index (χ4v) is 3.42. The summed E-state index contributed by atoms with van der Waals surface area (Å²) in [6.07, 6.45) is -2.59. The van der Waals surface area contributed by atoms with Crippen LogP contribution in [0.5, 0.6) is 0 Å². The Balaban J connectivity index is 1.77. The molecule has 1 heterocycles. The lowest BCUT2D eigenvalue weighted by Crippen LogP contribution is -2.51. The highest BCUT2D eigenvalue weighted by Crippen LogP contribution is 2.29. The molecule has 4 atom stereocenters. The van der Waals surface area contributed by atoms with Gasteiger partial charge in [0.1, 0.15) is 18.8 Å². The first-order chi connectivity index (χ1) is 14.9. The summed E-state index contributed by atoms with van der Waals surface area (Å²) in [5, 5.41) is 0. The molecule has 0 N–H and O–H groups in total. The van der Waals surface area contributed by atoms with E-state index in [2.05, 4.69) is 0 Å². The van der Waals surface area contributed by atoms with Gasteiger partial charge in [0.15, 0.2) is 12.4 Å². The van der Waals surface area contributed by atoms with Gasteiger partial charge in [-0.25, -0.2) is 9.59 Å². The minimum absolute atomic E-state index is 0.144. The lowest BCUT2D eigenvalue weighted by molar-refractivity contribution is -0.155. The van der Waals surface area contributed by atoms with Gasteiger partial charge in [0.25, 0.3) is 0 Å². The van der Waals surface area contributed by atoms with E-state index in [0.717, 1.165) is 0 Å². The summed E-state index contributed by atoms with van der Waals surface area (Å²) < 4.78 is 22.3. The molecule has 8 nitrogen and oxygen atoms in total. The predicted molar refractivity (Wildman–Crippen MR) is 110 cm³/mol. The van der Waals surface area contributed by atoms with Crippen molar-refractivity contribution in [1.82, 2.24) is 4.90 Å². The average molecular weight is 427 g/mol. The van der Waals surface area contributed by atoms with Crippen LogP contribution < -0.4 is 0 Å². The fourth-order valence-electron chi connectivity index (χ4n) is 3.42. The monoisotopic (exact) mass is 427 g/mol. The van der Waals surface area contributed by atoms with E-state index in [1.165, 1.54) is 18.9 Å². The van der Waals surface area contributed by atoms with E-state index in [-0.39, 0.29) is 12.5 Å². The quantitative estimate of drug-likeness (QED) is 0.626. The third-order valence-corrected chi connectivity index (χ3v) is 5.11. The summed E-state index contributed by atoms with van der Waals surface area (Å²) in [5.74, 6) is -1.35. The summed E-state index contributed by atoms with van der Waals surface area (Å²) >= 11 is 0. The van der Waals surface area contributed by atoms with Crippen LogP contribution in [-0.4, -0.2) is 68.0 Å². The van der Waals surface area contributed by atoms with E-state index in [4.69, 9.17) is 18.9 Å². The van der Waals surface area contributed by atoms with Crippen LogP contribution in [-0.2, 0) is 23.7 Å². The van der Waals surface area contributed by atoms with Crippen LogP contribution in [0.25, 0.3) is 0 Å². The first-order valence-electron chi connectivity index (χ1n) is 9.82. The van der Waals surface area contributed by atoms with E-state index in [9.17, 15) is 14.4 Å². The zero-order valence-electron chi connectivity index (χ0n) is 17.6. The standard InChI is InChI=1S/C23H25NO7/c1-15(25)24(2)19-18(14-29-21(26)16-10-6-4-7-11-16)30-23(28-3)20(19)31-22(27)17-12-8-5-9-13-17/h4-13,18-20,23H,14H2,1-3H3. The summed E-state index contributed by atoms with van der Waals surface area (Å²) in [4.78, 5) is 38.5.